The number of furan rings is 2. The number of nitrogens with zero attached hydrogens (tertiary/aromatic N) is 7. The van der Waals surface area contributed by atoms with Gasteiger partial charge < -0.3 is 34.4 Å². The quantitative estimate of drug-likeness (QED) is 0.0925. The van der Waals surface area contributed by atoms with Crippen molar-refractivity contribution in [2.45, 2.75) is 52.4 Å². The van der Waals surface area contributed by atoms with Crippen LogP contribution >= 0.6 is 0 Å². The number of aliphatic imine (C=N–C) groups is 4. The molecule has 0 unspecified atom stereocenters. The number of hydrogen-bond acceptors (Lipinski definition) is 13. The van der Waals surface area contributed by atoms with Gasteiger partial charge in [0.05, 0.1) is 34.7 Å². The third-order valence-corrected chi connectivity index (χ3v) is 10.6. The first-order valence-corrected chi connectivity index (χ1v) is 19.3. The molecular formula is C43H44N10O3. The van der Waals surface area contributed by atoms with Crippen molar-refractivity contribution in [2.75, 3.05) is 46.6 Å². The first-order chi connectivity index (χ1) is 27.4. The van der Waals surface area contributed by atoms with E-state index in [-0.39, 0.29) is 11.5 Å². The second-order valence-electron chi connectivity index (χ2n) is 14.5. The Morgan fingerprint density at radius 3 is 1.82 bits per heavy atom. The summed E-state index contributed by atoms with van der Waals surface area (Å²) in [5.74, 6) is 3.60. The summed E-state index contributed by atoms with van der Waals surface area (Å²) in [6.45, 7) is 7.89. The number of nitrogens with one attached hydrogen (secondary N) is 3. The summed E-state index contributed by atoms with van der Waals surface area (Å²) in [7, 11) is 0. The smallest absolute Gasteiger partial charge is 0.239 e. The monoisotopic (exact) mass is 748 g/mol. The molecule has 56 heavy (non-hydrogen) atoms. The Hall–Kier alpha value is -6.63. The number of amidine groups is 1. The zero-order valence-corrected chi connectivity index (χ0v) is 31.5. The van der Waals surface area contributed by atoms with Crippen LogP contribution in [0.4, 0.5) is 34.5 Å². The summed E-state index contributed by atoms with van der Waals surface area (Å²) in [5, 5.41) is 25.2. The van der Waals surface area contributed by atoms with Gasteiger partial charge in [-0.2, -0.15) is 9.98 Å². The van der Waals surface area contributed by atoms with E-state index in [1.54, 1.807) is 4.90 Å². The van der Waals surface area contributed by atoms with Gasteiger partial charge in [-0.1, -0.05) is 0 Å². The third kappa shape index (κ3) is 7.03. The normalized spacial score (nSPS) is 18.1. The molecule has 2 aromatic carbocycles. The number of aliphatic hydroxyl groups excluding tert-OH is 1. The number of benzene rings is 2. The van der Waals surface area contributed by atoms with Gasteiger partial charge in [0.25, 0.3) is 0 Å². The van der Waals surface area contributed by atoms with Crippen LogP contribution in [0.25, 0.3) is 5.70 Å². The van der Waals surface area contributed by atoms with E-state index in [2.05, 4.69) is 56.8 Å². The van der Waals surface area contributed by atoms with Crippen LogP contribution in [0.5, 0.6) is 0 Å². The maximum Gasteiger partial charge on any atom is 0.239 e. The van der Waals surface area contributed by atoms with Crippen molar-refractivity contribution in [3.63, 3.8) is 0 Å². The lowest BCUT2D eigenvalue weighted by Gasteiger charge is -2.33. The Bertz CT molecular complexity index is 2310. The van der Waals surface area contributed by atoms with E-state index in [0.29, 0.717) is 35.1 Å². The fourth-order valence-electron chi connectivity index (χ4n) is 7.75. The fourth-order valence-corrected chi connectivity index (χ4v) is 7.75. The predicted molar refractivity (Wildman–Crippen MR) is 225 cm³/mol. The van der Waals surface area contributed by atoms with Crippen LogP contribution in [-0.2, 0) is 0 Å². The van der Waals surface area contributed by atoms with E-state index in [1.165, 1.54) is 44.6 Å². The van der Waals surface area contributed by atoms with Crippen LogP contribution in [0.1, 0.15) is 61.2 Å². The Labute approximate surface area is 325 Å². The van der Waals surface area contributed by atoms with E-state index in [9.17, 15) is 5.11 Å². The average molecular weight is 749 g/mol. The third-order valence-electron chi connectivity index (χ3n) is 10.6. The molecule has 2 saturated heterocycles. The molecule has 4 N–H and O–H groups in total. The second-order valence-corrected chi connectivity index (χ2v) is 14.5. The lowest BCUT2D eigenvalue weighted by atomic mass is 10.0. The number of anilines is 6. The van der Waals surface area contributed by atoms with E-state index < -0.39 is 0 Å². The second kappa shape index (κ2) is 14.9. The van der Waals surface area contributed by atoms with Gasteiger partial charge in [-0.05, 0) is 113 Å². The SMILES string of the molecule is Cc1ccc(Nc2cc(N3CCCCC3)ccc2C2=CC3=CC(c4ccc(N5CCCCC5)cc4Nc4ccc(C)o4)=NC4=NC(C(=N)/C=C\O)=NC(=N2)N34)o1. The van der Waals surface area contributed by atoms with E-state index in [4.69, 9.17) is 34.2 Å². The van der Waals surface area contributed by atoms with Crippen LogP contribution in [0.2, 0.25) is 0 Å². The highest BCUT2D eigenvalue weighted by molar-refractivity contribution is 6.48. The Morgan fingerprint density at radius 2 is 1.25 bits per heavy atom. The van der Waals surface area contributed by atoms with Crippen LogP contribution in [0, 0.1) is 19.3 Å². The van der Waals surface area contributed by atoms with Crippen LogP contribution in [-0.4, -0.2) is 65.4 Å². The zero-order chi connectivity index (χ0) is 38.2. The number of guanidine groups is 2. The van der Waals surface area contributed by atoms with Crippen molar-refractivity contribution in [1.29, 1.82) is 5.41 Å². The topological polar surface area (TPSA) is 154 Å². The van der Waals surface area contributed by atoms with Gasteiger partial charge in [0.15, 0.2) is 17.6 Å². The number of hydrogen-bond donors (Lipinski definition) is 4. The van der Waals surface area contributed by atoms with Crippen LogP contribution in [0.3, 0.4) is 0 Å². The van der Waals surface area contributed by atoms with Gasteiger partial charge in [0, 0.05) is 66.9 Å². The highest BCUT2D eigenvalue weighted by Gasteiger charge is 2.34. The van der Waals surface area contributed by atoms with Crippen molar-refractivity contribution in [2.24, 2.45) is 20.0 Å². The van der Waals surface area contributed by atoms with Crippen LogP contribution < -0.4 is 20.4 Å². The van der Waals surface area contributed by atoms with Gasteiger partial charge in [0.2, 0.25) is 11.9 Å². The molecule has 2 aromatic heterocycles. The number of rotatable bonds is 10. The molecule has 13 nitrogen and oxygen atoms in total. The minimum Gasteiger partial charge on any atom is -0.516 e. The number of allylic oxidation sites excluding steroid dienone is 2. The molecular weight excluding hydrogens is 705 g/mol. The van der Waals surface area contributed by atoms with Crippen LogP contribution in [0.15, 0.2) is 120 Å². The lowest BCUT2D eigenvalue weighted by Crippen LogP contribution is -2.42. The Balaban J connectivity index is 1.17. The van der Waals surface area contributed by atoms with Crippen molar-refractivity contribution in [1.82, 2.24) is 4.90 Å². The first kappa shape index (κ1) is 35.1. The molecule has 0 aliphatic carbocycles. The zero-order valence-electron chi connectivity index (χ0n) is 31.5. The summed E-state index contributed by atoms with van der Waals surface area (Å²) in [6, 6.07) is 20.5. The average Bonchev–Trinajstić information content (AvgIpc) is 3.84. The highest BCUT2D eigenvalue weighted by Crippen LogP contribution is 2.38. The molecule has 4 aromatic rings. The fraction of sp³-hybridized carbons (Fsp3) is 0.279. The standard InChI is InChI=1S/C43H44N10O3/c1-27-9-15-39(55-27)45-35-23-29(51-18-5-3-6-19-51)11-13-32(35)37-25-31-26-38(48-43-50-41(34(44)17-22-54)49-42(47-37)53(31)43)33-14-12-30(52-20-7-4-8-21-52)24-36(33)46-40-16-10-28(2)56-40/h9-17,22-26,44-46,54H,3-8,18-21H2,1-2H3/b22-17-,44-34?. The predicted octanol–water partition coefficient (Wildman–Crippen LogP) is 9.22. The van der Waals surface area contributed by atoms with Crippen molar-refractivity contribution in [3.8, 4) is 0 Å². The van der Waals surface area contributed by atoms with Crippen molar-refractivity contribution in [3.05, 3.63) is 113 Å². The Morgan fingerprint density at radius 1 is 0.679 bits per heavy atom. The summed E-state index contributed by atoms with van der Waals surface area (Å²) >= 11 is 0. The first-order valence-electron chi connectivity index (χ1n) is 19.3. The van der Waals surface area contributed by atoms with Crippen molar-refractivity contribution >= 4 is 69.4 Å². The maximum absolute atomic E-state index is 9.55. The molecule has 0 spiro atoms. The molecule has 0 bridgehead atoms. The molecule has 2 fully saturated rings. The molecule has 7 heterocycles. The molecule has 5 aliphatic rings. The number of aryl methyl sites for hydroxylation is 2. The molecule has 0 atom stereocenters. The summed E-state index contributed by atoms with van der Waals surface area (Å²) in [4.78, 5) is 26.2. The minimum atomic E-state index is -0.0748. The van der Waals surface area contributed by atoms with Gasteiger partial charge in [-0.25, -0.2) is 14.9 Å². The largest absolute Gasteiger partial charge is 0.516 e. The summed E-state index contributed by atoms with van der Waals surface area (Å²) in [5.41, 5.74) is 7.67. The minimum absolute atomic E-state index is 0.0748. The van der Waals surface area contributed by atoms with Gasteiger partial charge in [-0.15, -0.1) is 0 Å². The summed E-state index contributed by atoms with van der Waals surface area (Å²) < 4.78 is 12.0. The van der Waals surface area contributed by atoms with E-state index in [1.807, 2.05) is 50.3 Å². The molecule has 0 amide bonds. The Kier molecular flexibility index (Phi) is 9.33. The molecule has 0 radical (unpaired) electrons. The number of aliphatic hydroxyl groups is 1. The van der Waals surface area contributed by atoms with Gasteiger partial charge in [0.1, 0.15) is 17.2 Å². The van der Waals surface area contributed by atoms with Gasteiger partial charge >= 0.3 is 0 Å². The highest BCUT2D eigenvalue weighted by atomic mass is 16.4. The van der Waals surface area contributed by atoms with Gasteiger partial charge in [-0.3, -0.25) is 5.41 Å². The molecule has 284 valence electrons. The molecule has 9 rings (SSSR count). The van der Waals surface area contributed by atoms with E-state index in [0.717, 1.165) is 83.5 Å². The molecule has 5 aliphatic heterocycles. The molecule has 13 heteroatoms. The van der Waals surface area contributed by atoms with Crippen molar-refractivity contribution < 1.29 is 13.9 Å². The molecule has 0 saturated carbocycles. The number of piperidine rings is 2. The lowest BCUT2D eigenvalue weighted by molar-refractivity contribution is 0.474. The maximum atomic E-state index is 9.55. The summed E-state index contributed by atoms with van der Waals surface area (Å²) in [6.07, 6.45) is 13.2. The van der Waals surface area contributed by atoms with E-state index >= 15 is 0 Å².